The number of hydrogen-bond donors (Lipinski definition) is 1. The molecule has 1 saturated heterocycles. The second-order valence-corrected chi connectivity index (χ2v) is 10.1. The molecular formula is C23H30O6. The van der Waals surface area contributed by atoms with E-state index in [1.807, 2.05) is 6.08 Å². The van der Waals surface area contributed by atoms with E-state index < -0.39 is 17.7 Å². The van der Waals surface area contributed by atoms with Crippen LogP contribution in [0.4, 0.5) is 0 Å². The van der Waals surface area contributed by atoms with Gasteiger partial charge in [-0.1, -0.05) is 12.5 Å². The van der Waals surface area contributed by atoms with Crippen LogP contribution in [0.25, 0.3) is 0 Å². The maximum atomic E-state index is 12.9. The molecule has 1 N–H and O–H groups in total. The van der Waals surface area contributed by atoms with Gasteiger partial charge >= 0.3 is 5.97 Å². The summed E-state index contributed by atoms with van der Waals surface area (Å²) < 4.78 is 11.2. The molecule has 1 aliphatic heterocycles. The largest absolute Gasteiger partial charge is 0.458 e. The molecule has 5 aliphatic rings. The lowest BCUT2D eigenvalue weighted by Crippen LogP contribution is -2.55. The van der Waals surface area contributed by atoms with Gasteiger partial charge in [0, 0.05) is 24.7 Å². The molecule has 3 saturated carbocycles. The van der Waals surface area contributed by atoms with E-state index in [1.165, 1.54) is 12.5 Å². The monoisotopic (exact) mass is 402 g/mol. The number of hydrogen-bond acceptors (Lipinski definition) is 6. The van der Waals surface area contributed by atoms with Crippen LogP contribution in [0.1, 0.15) is 58.8 Å². The predicted octanol–water partition coefficient (Wildman–Crippen LogP) is 2.57. The molecule has 0 aromatic rings. The number of carbonyl (C=O) groups is 3. The Kier molecular flexibility index (Phi) is 4.34. The molecule has 6 heteroatoms. The number of allylic oxidation sites excluding steroid dienone is 1. The zero-order chi connectivity index (χ0) is 20.6. The molecule has 6 nitrogen and oxygen atoms in total. The first kappa shape index (κ1) is 19.4. The summed E-state index contributed by atoms with van der Waals surface area (Å²) in [4.78, 5) is 36.1. The maximum Gasteiger partial charge on any atom is 0.303 e. The van der Waals surface area contributed by atoms with Crippen LogP contribution in [0.15, 0.2) is 11.6 Å². The molecule has 0 radical (unpaired) electrons. The van der Waals surface area contributed by atoms with Gasteiger partial charge in [-0.15, -0.1) is 0 Å². The topological polar surface area (TPSA) is 89.9 Å². The first-order valence-electron chi connectivity index (χ1n) is 11.0. The Bertz CT molecular complexity index is 801. The fraction of sp³-hybridized carbons (Fsp3) is 0.783. The molecule has 1 heterocycles. The van der Waals surface area contributed by atoms with Crippen LogP contribution in [-0.2, 0) is 23.9 Å². The molecule has 2 bridgehead atoms. The molecule has 4 fully saturated rings. The van der Waals surface area contributed by atoms with Crippen molar-refractivity contribution in [2.24, 2.45) is 34.5 Å². The minimum Gasteiger partial charge on any atom is -0.458 e. The molecule has 158 valence electrons. The van der Waals surface area contributed by atoms with Gasteiger partial charge in [0.1, 0.15) is 6.61 Å². The van der Waals surface area contributed by atoms with Gasteiger partial charge in [0.2, 0.25) is 0 Å². The van der Waals surface area contributed by atoms with Crippen LogP contribution in [0.5, 0.6) is 0 Å². The number of ether oxygens (including phenoxy) is 2. The molecule has 1 spiro atoms. The Balaban J connectivity index is 1.48. The highest BCUT2D eigenvalue weighted by Gasteiger charge is 2.71. The Morgan fingerprint density at radius 3 is 2.83 bits per heavy atom. The van der Waals surface area contributed by atoms with E-state index >= 15 is 0 Å². The van der Waals surface area contributed by atoms with Crippen molar-refractivity contribution in [3.63, 3.8) is 0 Å². The fourth-order valence-electron chi connectivity index (χ4n) is 7.96. The van der Waals surface area contributed by atoms with Crippen molar-refractivity contribution in [2.45, 2.75) is 71.2 Å². The SMILES string of the molecule is CC(=O)OCC(=O)[C@@H]1CC[C@@H]2[C@H]3CCC4=CC(=O)CC[C@]4(C)[C@@H]3[C@H]3C[C@]21[C@@H](O)O3. The molecule has 0 unspecified atom stereocenters. The van der Waals surface area contributed by atoms with Crippen molar-refractivity contribution in [1.29, 1.82) is 0 Å². The van der Waals surface area contributed by atoms with Crippen molar-refractivity contribution in [3.8, 4) is 0 Å². The van der Waals surface area contributed by atoms with E-state index in [0.29, 0.717) is 18.8 Å². The Morgan fingerprint density at radius 2 is 2.07 bits per heavy atom. The molecule has 0 aromatic heterocycles. The number of carbonyl (C=O) groups excluding carboxylic acids is 3. The third-order valence-electron chi connectivity index (χ3n) is 9.05. The highest BCUT2D eigenvalue weighted by atomic mass is 16.6. The Labute approximate surface area is 171 Å². The van der Waals surface area contributed by atoms with Crippen LogP contribution in [0.2, 0.25) is 0 Å². The van der Waals surface area contributed by atoms with Crippen molar-refractivity contribution in [1.82, 2.24) is 0 Å². The molecule has 4 aliphatic carbocycles. The van der Waals surface area contributed by atoms with Crippen molar-refractivity contribution in [2.75, 3.05) is 6.61 Å². The molecular weight excluding hydrogens is 372 g/mol. The van der Waals surface area contributed by atoms with Gasteiger partial charge in [-0.05, 0) is 67.8 Å². The lowest BCUT2D eigenvalue weighted by Gasteiger charge is -2.57. The van der Waals surface area contributed by atoms with Gasteiger partial charge in [0.15, 0.2) is 17.9 Å². The Morgan fingerprint density at radius 1 is 1.28 bits per heavy atom. The first-order valence-corrected chi connectivity index (χ1v) is 11.0. The van der Waals surface area contributed by atoms with Crippen molar-refractivity contribution < 1.29 is 29.0 Å². The van der Waals surface area contributed by atoms with E-state index in [2.05, 4.69) is 6.92 Å². The van der Waals surface area contributed by atoms with Crippen molar-refractivity contribution >= 4 is 17.5 Å². The summed E-state index contributed by atoms with van der Waals surface area (Å²) in [5.74, 6) is 0.289. The highest BCUT2D eigenvalue weighted by Crippen LogP contribution is 2.71. The van der Waals surface area contributed by atoms with Gasteiger partial charge in [0.25, 0.3) is 0 Å². The Hall–Kier alpha value is -1.53. The second kappa shape index (κ2) is 6.48. The van der Waals surface area contributed by atoms with Crippen LogP contribution >= 0.6 is 0 Å². The second-order valence-electron chi connectivity index (χ2n) is 10.1. The van der Waals surface area contributed by atoms with Gasteiger partial charge in [0.05, 0.1) is 6.10 Å². The summed E-state index contributed by atoms with van der Waals surface area (Å²) in [5, 5.41) is 11.1. The van der Waals surface area contributed by atoms with E-state index in [1.54, 1.807) is 0 Å². The summed E-state index contributed by atoms with van der Waals surface area (Å²) in [6, 6.07) is 0. The highest BCUT2D eigenvalue weighted by molar-refractivity contribution is 5.91. The maximum absolute atomic E-state index is 12.9. The number of fused-ring (bicyclic) bond motifs is 6. The minimum atomic E-state index is -0.946. The third-order valence-corrected chi connectivity index (χ3v) is 9.05. The van der Waals surface area contributed by atoms with E-state index in [0.717, 1.165) is 32.1 Å². The number of ketones is 2. The quantitative estimate of drug-likeness (QED) is 0.730. The van der Waals surface area contributed by atoms with Gasteiger partial charge in [-0.2, -0.15) is 0 Å². The average Bonchev–Trinajstić information content (AvgIpc) is 3.19. The normalized spacial score (nSPS) is 47.7. The van der Waals surface area contributed by atoms with Crippen LogP contribution < -0.4 is 0 Å². The number of aliphatic hydroxyl groups excluding tert-OH is 1. The smallest absolute Gasteiger partial charge is 0.303 e. The predicted molar refractivity (Wildman–Crippen MR) is 102 cm³/mol. The molecule has 0 aromatic carbocycles. The number of Topliss-reactive ketones (excluding diaryl/α,β-unsaturated/α-hetero) is 1. The van der Waals surface area contributed by atoms with E-state index in [4.69, 9.17) is 9.47 Å². The lowest BCUT2D eigenvalue weighted by molar-refractivity contribution is -0.163. The zero-order valence-corrected chi connectivity index (χ0v) is 17.2. The summed E-state index contributed by atoms with van der Waals surface area (Å²) in [5.41, 5.74) is 0.649. The van der Waals surface area contributed by atoms with Gasteiger partial charge in [-0.25, -0.2) is 0 Å². The number of rotatable bonds is 3. The first-order chi connectivity index (χ1) is 13.8. The van der Waals surface area contributed by atoms with E-state index in [9.17, 15) is 19.5 Å². The number of aliphatic hydroxyl groups is 1. The summed E-state index contributed by atoms with van der Waals surface area (Å²) in [6.45, 7) is 3.37. The molecule has 8 atom stereocenters. The van der Waals surface area contributed by atoms with Crippen LogP contribution in [-0.4, -0.2) is 41.6 Å². The van der Waals surface area contributed by atoms with Gasteiger partial charge < -0.3 is 14.6 Å². The minimum absolute atomic E-state index is 0.0580. The molecule has 0 amide bonds. The van der Waals surface area contributed by atoms with E-state index in [-0.39, 0.29) is 47.4 Å². The number of esters is 1. The average molecular weight is 402 g/mol. The van der Waals surface area contributed by atoms with Gasteiger partial charge in [-0.3, -0.25) is 14.4 Å². The van der Waals surface area contributed by atoms with Crippen LogP contribution in [0.3, 0.4) is 0 Å². The molecule has 5 rings (SSSR count). The summed E-state index contributed by atoms with van der Waals surface area (Å²) in [6.07, 6.45) is 6.49. The lowest BCUT2D eigenvalue weighted by atomic mass is 9.46. The van der Waals surface area contributed by atoms with Crippen molar-refractivity contribution in [3.05, 3.63) is 11.6 Å². The zero-order valence-electron chi connectivity index (χ0n) is 17.2. The summed E-state index contributed by atoms with van der Waals surface area (Å²) in [7, 11) is 0. The summed E-state index contributed by atoms with van der Waals surface area (Å²) >= 11 is 0. The fourth-order valence-corrected chi connectivity index (χ4v) is 7.96. The molecule has 29 heavy (non-hydrogen) atoms. The third kappa shape index (κ3) is 2.57. The van der Waals surface area contributed by atoms with Crippen LogP contribution in [0, 0.1) is 34.5 Å². The standard InChI is InChI=1S/C23H30O6/c1-12(24)28-11-18(26)17-6-5-16-15-4-3-13-9-14(25)7-8-22(13,2)20(15)19-10-23(16,17)21(27)29-19/h9,15-17,19-21,27H,3-8,10-11H2,1-2H3/t15-,16-,17+,19-,20+,21+,22+,23+/m1/s1.